The van der Waals surface area contributed by atoms with Gasteiger partial charge in [-0.3, -0.25) is 0 Å². The molecule has 2 rings (SSSR count). The number of nitrogens with zero attached hydrogens (tertiary/aromatic N) is 3. The Morgan fingerprint density at radius 2 is 2.06 bits per heavy atom. The van der Waals surface area contributed by atoms with Gasteiger partial charge < -0.3 is 9.64 Å². The van der Waals surface area contributed by atoms with E-state index in [1.54, 1.807) is 0 Å². The maximum Gasteiger partial charge on any atom is 0.225 e. The fourth-order valence-electron chi connectivity index (χ4n) is 1.69. The highest BCUT2D eigenvalue weighted by Crippen LogP contribution is 2.18. The van der Waals surface area contributed by atoms with Crippen molar-refractivity contribution in [3.05, 3.63) is 17.7 Å². The van der Waals surface area contributed by atoms with E-state index < -0.39 is 0 Å². The summed E-state index contributed by atoms with van der Waals surface area (Å²) in [4.78, 5) is 10.3. The normalized spacial score (nSPS) is 16.9. The maximum atomic E-state index is 13.4. The summed E-state index contributed by atoms with van der Waals surface area (Å²) in [6, 6.07) is 0. The van der Waals surface area contributed by atoms with Crippen LogP contribution in [0.25, 0.3) is 0 Å². The van der Waals surface area contributed by atoms with Crippen molar-refractivity contribution in [1.82, 2.24) is 9.97 Å². The lowest BCUT2D eigenvalue weighted by atomic mass is 10.1. The fraction of sp³-hybridized carbons (Fsp3) is 0.636. The zero-order valence-corrected chi connectivity index (χ0v) is 9.61. The zero-order chi connectivity index (χ0) is 11.5. The van der Waals surface area contributed by atoms with Crippen molar-refractivity contribution in [2.24, 2.45) is 0 Å². The van der Waals surface area contributed by atoms with Crippen molar-refractivity contribution in [3.63, 3.8) is 0 Å². The van der Waals surface area contributed by atoms with Crippen LogP contribution in [0, 0.1) is 5.82 Å². The van der Waals surface area contributed by atoms with E-state index in [1.165, 1.54) is 6.20 Å². The summed E-state index contributed by atoms with van der Waals surface area (Å²) in [6.07, 6.45) is 1.26. The van der Waals surface area contributed by atoms with Gasteiger partial charge in [-0.25, -0.2) is 14.4 Å². The van der Waals surface area contributed by atoms with Crippen LogP contribution in [0.5, 0.6) is 0 Å². The van der Waals surface area contributed by atoms with E-state index in [1.807, 2.05) is 18.7 Å². The van der Waals surface area contributed by atoms with Crippen molar-refractivity contribution < 1.29 is 9.13 Å². The van der Waals surface area contributed by atoms with Gasteiger partial charge >= 0.3 is 0 Å². The smallest absolute Gasteiger partial charge is 0.225 e. The molecule has 1 aromatic rings. The number of anilines is 1. The number of hydrogen-bond donors (Lipinski definition) is 0. The van der Waals surface area contributed by atoms with Gasteiger partial charge in [-0.2, -0.15) is 0 Å². The van der Waals surface area contributed by atoms with Gasteiger partial charge in [0.05, 0.1) is 25.1 Å². The fourth-order valence-corrected chi connectivity index (χ4v) is 1.69. The lowest BCUT2D eigenvalue weighted by Gasteiger charge is -2.27. The van der Waals surface area contributed by atoms with Crippen molar-refractivity contribution in [3.8, 4) is 0 Å². The summed E-state index contributed by atoms with van der Waals surface area (Å²) in [7, 11) is 0. The second-order valence-electron chi connectivity index (χ2n) is 4.16. The average molecular weight is 225 g/mol. The van der Waals surface area contributed by atoms with E-state index in [0.29, 0.717) is 24.9 Å². The van der Waals surface area contributed by atoms with E-state index >= 15 is 0 Å². The van der Waals surface area contributed by atoms with E-state index in [0.717, 1.165) is 13.1 Å². The van der Waals surface area contributed by atoms with Gasteiger partial charge in [0.25, 0.3) is 0 Å². The molecule has 1 saturated heterocycles. The van der Waals surface area contributed by atoms with E-state index in [4.69, 9.17) is 4.74 Å². The third kappa shape index (κ3) is 2.29. The minimum absolute atomic E-state index is 0.0720. The molecule has 0 amide bonds. The van der Waals surface area contributed by atoms with Crippen molar-refractivity contribution in [2.45, 2.75) is 19.8 Å². The van der Waals surface area contributed by atoms with E-state index in [2.05, 4.69) is 9.97 Å². The Labute approximate surface area is 94.5 Å². The highest BCUT2D eigenvalue weighted by Gasteiger charge is 2.17. The van der Waals surface area contributed by atoms with Crippen molar-refractivity contribution in [1.29, 1.82) is 0 Å². The Balaban J connectivity index is 2.24. The summed E-state index contributed by atoms with van der Waals surface area (Å²) in [6.45, 7) is 6.74. The topological polar surface area (TPSA) is 38.2 Å². The quantitative estimate of drug-likeness (QED) is 0.766. The van der Waals surface area contributed by atoms with Gasteiger partial charge in [-0.05, 0) is 5.92 Å². The van der Waals surface area contributed by atoms with Crippen LogP contribution in [-0.4, -0.2) is 36.3 Å². The van der Waals surface area contributed by atoms with E-state index in [-0.39, 0.29) is 11.7 Å². The Morgan fingerprint density at radius 3 is 2.69 bits per heavy atom. The molecule has 0 aromatic carbocycles. The van der Waals surface area contributed by atoms with Gasteiger partial charge in [0.1, 0.15) is 0 Å². The number of hydrogen-bond acceptors (Lipinski definition) is 4. The summed E-state index contributed by atoms with van der Waals surface area (Å²) in [5.41, 5.74) is 0.483. The minimum atomic E-state index is -0.327. The zero-order valence-electron chi connectivity index (χ0n) is 9.61. The molecule has 1 fully saturated rings. The number of aromatic nitrogens is 2. The molecule has 0 aliphatic carbocycles. The molecule has 0 N–H and O–H groups in total. The van der Waals surface area contributed by atoms with Crippen LogP contribution in [0.15, 0.2) is 6.20 Å². The molecule has 0 atom stereocenters. The molecule has 2 heterocycles. The second kappa shape index (κ2) is 4.74. The predicted octanol–water partition coefficient (Wildman–Crippen LogP) is 1.58. The average Bonchev–Trinajstić information content (AvgIpc) is 2.30. The molecule has 1 aliphatic heterocycles. The SMILES string of the molecule is CC(C)c1nc(N2CCOCC2)ncc1F. The molecule has 0 bridgehead atoms. The van der Waals surface area contributed by atoms with Gasteiger partial charge in [-0.1, -0.05) is 13.8 Å². The van der Waals surface area contributed by atoms with Crippen LogP contribution in [-0.2, 0) is 4.74 Å². The summed E-state index contributed by atoms with van der Waals surface area (Å²) >= 11 is 0. The molecule has 1 aromatic heterocycles. The molecular weight excluding hydrogens is 209 g/mol. The first kappa shape index (κ1) is 11.3. The Hall–Kier alpha value is -1.23. The lowest BCUT2D eigenvalue weighted by molar-refractivity contribution is 0.122. The summed E-state index contributed by atoms with van der Waals surface area (Å²) in [5.74, 6) is 0.350. The maximum absolute atomic E-state index is 13.4. The lowest BCUT2D eigenvalue weighted by Crippen LogP contribution is -2.37. The third-order valence-electron chi connectivity index (χ3n) is 2.60. The molecular formula is C11H16FN3O. The molecule has 4 nitrogen and oxygen atoms in total. The minimum Gasteiger partial charge on any atom is -0.378 e. The highest BCUT2D eigenvalue weighted by atomic mass is 19.1. The third-order valence-corrected chi connectivity index (χ3v) is 2.60. The Kier molecular flexibility index (Phi) is 3.33. The number of morpholine rings is 1. The second-order valence-corrected chi connectivity index (χ2v) is 4.16. The standard InChI is InChI=1S/C11H16FN3O/c1-8(2)10-9(12)7-13-11(14-10)15-3-5-16-6-4-15/h7-8H,3-6H2,1-2H3. The summed E-state index contributed by atoms with van der Waals surface area (Å²) in [5, 5.41) is 0. The van der Waals surface area contributed by atoms with Crippen LogP contribution in [0.2, 0.25) is 0 Å². The number of halogens is 1. The number of ether oxygens (including phenoxy) is 1. The first-order chi connectivity index (χ1) is 7.68. The molecule has 0 spiro atoms. The van der Waals surface area contributed by atoms with Crippen LogP contribution in [0.4, 0.5) is 10.3 Å². The predicted molar refractivity (Wildman–Crippen MR) is 59.1 cm³/mol. The van der Waals surface area contributed by atoms with Crippen molar-refractivity contribution in [2.75, 3.05) is 31.2 Å². The monoisotopic (exact) mass is 225 g/mol. The molecule has 0 unspecified atom stereocenters. The largest absolute Gasteiger partial charge is 0.378 e. The molecule has 0 radical (unpaired) electrons. The van der Waals surface area contributed by atoms with Crippen LogP contribution >= 0.6 is 0 Å². The Bertz CT molecular complexity index is 364. The first-order valence-corrected chi connectivity index (χ1v) is 5.53. The highest BCUT2D eigenvalue weighted by molar-refractivity contribution is 5.31. The number of rotatable bonds is 2. The van der Waals surface area contributed by atoms with Gasteiger partial charge in [0.2, 0.25) is 5.95 Å². The molecule has 1 aliphatic rings. The van der Waals surface area contributed by atoms with Crippen LogP contribution < -0.4 is 4.90 Å². The molecule has 0 saturated carbocycles. The van der Waals surface area contributed by atoms with Gasteiger partial charge in [0, 0.05) is 13.1 Å². The Morgan fingerprint density at radius 1 is 1.38 bits per heavy atom. The molecule has 5 heteroatoms. The van der Waals surface area contributed by atoms with Crippen LogP contribution in [0.3, 0.4) is 0 Å². The van der Waals surface area contributed by atoms with Gasteiger partial charge in [-0.15, -0.1) is 0 Å². The van der Waals surface area contributed by atoms with Crippen LogP contribution in [0.1, 0.15) is 25.5 Å². The molecule has 88 valence electrons. The van der Waals surface area contributed by atoms with Crippen molar-refractivity contribution >= 4 is 5.95 Å². The van der Waals surface area contributed by atoms with E-state index in [9.17, 15) is 4.39 Å². The first-order valence-electron chi connectivity index (χ1n) is 5.53. The summed E-state index contributed by atoms with van der Waals surface area (Å²) < 4.78 is 18.7. The van der Waals surface area contributed by atoms with Gasteiger partial charge in [0.15, 0.2) is 5.82 Å². The molecule has 16 heavy (non-hydrogen) atoms.